The number of benzene rings is 1. The number of para-hydroxylation sites is 1. The summed E-state index contributed by atoms with van der Waals surface area (Å²) in [6, 6.07) is 9.04. The molecule has 1 unspecified atom stereocenters. The molecule has 2 aromatic rings. The number of aryl methyl sites for hydroxylation is 1. The van der Waals surface area contributed by atoms with E-state index in [-0.39, 0.29) is 0 Å². The van der Waals surface area contributed by atoms with Gasteiger partial charge in [-0.25, -0.2) is 0 Å². The summed E-state index contributed by atoms with van der Waals surface area (Å²) < 4.78 is 2.09. The van der Waals surface area contributed by atoms with Crippen LogP contribution in [0.4, 0.5) is 0 Å². The molecule has 0 bridgehead atoms. The Hall–Kier alpha value is -1.35. The summed E-state index contributed by atoms with van der Waals surface area (Å²) in [6.45, 7) is 10.7. The van der Waals surface area contributed by atoms with Crippen molar-refractivity contribution in [3.63, 3.8) is 0 Å². The van der Waals surface area contributed by atoms with Crippen LogP contribution in [0.15, 0.2) is 24.3 Å². The number of rotatable bonds is 7. The highest BCUT2D eigenvalue weighted by Gasteiger charge is 2.10. The molecular weight excluding hydrogens is 246 g/mol. The van der Waals surface area contributed by atoms with Crippen molar-refractivity contribution >= 4 is 10.9 Å². The lowest BCUT2D eigenvalue weighted by Gasteiger charge is -2.14. The van der Waals surface area contributed by atoms with Gasteiger partial charge in [0.25, 0.3) is 0 Å². The first-order chi connectivity index (χ1) is 9.61. The average Bonchev–Trinajstić information content (AvgIpc) is 2.81. The van der Waals surface area contributed by atoms with E-state index in [0.717, 1.165) is 19.0 Å². The third-order valence-electron chi connectivity index (χ3n) is 3.83. The molecule has 0 spiro atoms. The Balaban J connectivity index is 2.03. The fourth-order valence-electron chi connectivity index (χ4n) is 2.52. The van der Waals surface area contributed by atoms with Gasteiger partial charge in [-0.05, 0) is 38.7 Å². The molecule has 0 saturated carbocycles. The standard InChI is InChI=1S/C17H27N3/c1-5-20-17-9-7-6-8-15(17)16(19-20)12-18-14(4)11-10-13(2)3/h6-9,13-14,18H,5,10-12H2,1-4H3. The smallest absolute Gasteiger partial charge is 0.0841 e. The van der Waals surface area contributed by atoms with Gasteiger partial charge < -0.3 is 5.32 Å². The molecule has 2 rings (SSSR count). The largest absolute Gasteiger partial charge is 0.309 e. The number of aromatic nitrogens is 2. The second kappa shape index (κ2) is 6.89. The molecule has 1 aromatic carbocycles. The minimum Gasteiger partial charge on any atom is -0.309 e. The van der Waals surface area contributed by atoms with Gasteiger partial charge >= 0.3 is 0 Å². The zero-order valence-electron chi connectivity index (χ0n) is 13.2. The topological polar surface area (TPSA) is 29.9 Å². The molecule has 0 aliphatic heterocycles. The predicted molar refractivity (Wildman–Crippen MR) is 85.8 cm³/mol. The maximum Gasteiger partial charge on any atom is 0.0841 e. The number of hydrogen-bond donors (Lipinski definition) is 1. The molecule has 0 saturated heterocycles. The Bertz CT molecular complexity index is 542. The second-order valence-corrected chi connectivity index (χ2v) is 6.03. The van der Waals surface area contributed by atoms with E-state index in [1.807, 2.05) is 0 Å². The summed E-state index contributed by atoms with van der Waals surface area (Å²) in [4.78, 5) is 0. The minimum atomic E-state index is 0.544. The van der Waals surface area contributed by atoms with Gasteiger partial charge in [0.1, 0.15) is 0 Å². The van der Waals surface area contributed by atoms with Gasteiger partial charge in [-0.2, -0.15) is 5.10 Å². The van der Waals surface area contributed by atoms with Crippen molar-refractivity contribution in [3.05, 3.63) is 30.0 Å². The van der Waals surface area contributed by atoms with Crippen LogP contribution in [-0.2, 0) is 13.1 Å². The van der Waals surface area contributed by atoms with Crippen LogP contribution in [0, 0.1) is 5.92 Å². The SMILES string of the molecule is CCn1nc(CNC(C)CCC(C)C)c2ccccc21. The molecule has 0 aliphatic rings. The lowest BCUT2D eigenvalue weighted by Crippen LogP contribution is -2.26. The van der Waals surface area contributed by atoms with Crippen molar-refractivity contribution in [1.82, 2.24) is 15.1 Å². The van der Waals surface area contributed by atoms with E-state index < -0.39 is 0 Å². The van der Waals surface area contributed by atoms with Gasteiger partial charge in [0, 0.05) is 24.5 Å². The Kier molecular flexibility index (Phi) is 5.18. The molecule has 0 aliphatic carbocycles. The summed E-state index contributed by atoms with van der Waals surface area (Å²) in [6.07, 6.45) is 2.50. The monoisotopic (exact) mass is 273 g/mol. The highest BCUT2D eigenvalue weighted by Crippen LogP contribution is 2.18. The number of nitrogens with zero attached hydrogens (tertiary/aromatic N) is 2. The van der Waals surface area contributed by atoms with Gasteiger partial charge in [0.2, 0.25) is 0 Å². The summed E-state index contributed by atoms with van der Waals surface area (Å²) in [5.41, 5.74) is 2.40. The Morgan fingerprint density at radius 3 is 2.60 bits per heavy atom. The van der Waals surface area contributed by atoms with Gasteiger partial charge in [0.05, 0.1) is 11.2 Å². The summed E-state index contributed by atoms with van der Waals surface area (Å²) >= 11 is 0. The van der Waals surface area contributed by atoms with Crippen LogP contribution < -0.4 is 5.32 Å². The molecule has 3 heteroatoms. The van der Waals surface area contributed by atoms with Crippen LogP contribution in [0.2, 0.25) is 0 Å². The molecule has 1 heterocycles. The van der Waals surface area contributed by atoms with Crippen molar-refractivity contribution in [1.29, 1.82) is 0 Å². The Morgan fingerprint density at radius 1 is 1.15 bits per heavy atom. The third kappa shape index (κ3) is 3.60. The fraction of sp³-hybridized carbons (Fsp3) is 0.588. The molecule has 0 radical (unpaired) electrons. The average molecular weight is 273 g/mol. The van der Waals surface area contributed by atoms with E-state index >= 15 is 0 Å². The molecule has 3 nitrogen and oxygen atoms in total. The first-order valence-corrected chi connectivity index (χ1v) is 7.79. The van der Waals surface area contributed by atoms with E-state index in [2.05, 4.69) is 62.0 Å². The quantitative estimate of drug-likeness (QED) is 0.827. The lowest BCUT2D eigenvalue weighted by atomic mass is 10.0. The van der Waals surface area contributed by atoms with E-state index in [0.29, 0.717) is 6.04 Å². The van der Waals surface area contributed by atoms with Crippen molar-refractivity contribution in [2.75, 3.05) is 0 Å². The van der Waals surface area contributed by atoms with Crippen LogP contribution in [0.5, 0.6) is 0 Å². The molecule has 1 atom stereocenters. The van der Waals surface area contributed by atoms with E-state index in [4.69, 9.17) is 5.10 Å². The Morgan fingerprint density at radius 2 is 1.90 bits per heavy atom. The lowest BCUT2D eigenvalue weighted by molar-refractivity contribution is 0.448. The molecule has 1 aromatic heterocycles. The molecular formula is C17H27N3. The van der Waals surface area contributed by atoms with Gasteiger partial charge in [0.15, 0.2) is 0 Å². The maximum absolute atomic E-state index is 4.73. The first kappa shape index (κ1) is 15.0. The maximum atomic E-state index is 4.73. The zero-order chi connectivity index (χ0) is 14.5. The predicted octanol–water partition coefficient (Wildman–Crippen LogP) is 3.97. The van der Waals surface area contributed by atoms with Gasteiger partial charge in [-0.15, -0.1) is 0 Å². The summed E-state index contributed by atoms with van der Waals surface area (Å²) in [7, 11) is 0. The Labute approximate surface area is 122 Å². The van der Waals surface area contributed by atoms with Crippen LogP contribution in [0.1, 0.15) is 46.2 Å². The highest BCUT2D eigenvalue weighted by molar-refractivity contribution is 5.81. The summed E-state index contributed by atoms with van der Waals surface area (Å²) in [5.74, 6) is 0.777. The fourth-order valence-corrected chi connectivity index (χ4v) is 2.52. The molecule has 1 N–H and O–H groups in total. The minimum absolute atomic E-state index is 0.544. The normalized spacial score (nSPS) is 13.2. The highest BCUT2D eigenvalue weighted by atomic mass is 15.3. The number of hydrogen-bond acceptors (Lipinski definition) is 2. The van der Waals surface area contributed by atoms with E-state index in [1.54, 1.807) is 0 Å². The van der Waals surface area contributed by atoms with Crippen LogP contribution in [0.25, 0.3) is 10.9 Å². The van der Waals surface area contributed by atoms with Crippen LogP contribution in [-0.4, -0.2) is 15.8 Å². The van der Waals surface area contributed by atoms with Crippen LogP contribution in [0.3, 0.4) is 0 Å². The van der Waals surface area contributed by atoms with Crippen molar-refractivity contribution < 1.29 is 0 Å². The molecule has 0 amide bonds. The van der Waals surface area contributed by atoms with E-state index in [1.165, 1.54) is 29.4 Å². The second-order valence-electron chi connectivity index (χ2n) is 6.03. The third-order valence-corrected chi connectivity index (χ3v) is 3.83. The van der Waals surface area contributed by atoms with Crippen molar-refractivity contribution in [2.45, 2.75) is 59.7 Å². The van der Waals surface area contributed by atoms with Crippen molar-refractivity contribution in [2.24, 2.45) is 5.92 Å². The molecule has 110 valence electrons. The summed E-state index contributed by atoms with van der Waals surface area (Å²) in [5, 5.41) is 9.61. The van der Waals surface area contributed by atoms with Gasteiger partial charge in [-0.3, -0.25) is 4.68 Å². The van der Waals surface area contributed by atoms with Crippen molar-refractivity contribution in [3.8, 4) is 0 Å². The van der Waals surface area contributed by atoms with Crippen LogP contribution >= 0.6 is 0 Å². The molecule has 0 fully saturated rings. The zero-order valence-corrected chi connectivity index (χ0v) is 13.2. The van der Waals surface area contributed by atoms with Gasteiger partial charge in [-0.1, -0.05) is 32.0 Å². The first-order valence-electron chi connectivity index (χ1n) is 7.79. The molecule has 20 heavy (non-hydrogen) atoms. The van der Waals surface area contributed by atoms with E-state index in [9.17, 15) is 0 Å². The number of fused-ring (bicyclic) bond motifs is 1. The number of nitrogens with one attached hydrogen (secondary N) is 1.